The third-order valence-electron chi connectivity index (χ3n) is 17.8. The first-order valence-electron chi connectivity index (χ1n) is 22.1. The summed E-state index contributed by atoms with van der Waals surface area (Å²) in [7, 11) is 1.75. The molecule has 7 fully saturated rings. The molecular weight excluding hydrogens is 681 g/mol. The number of aliphatic hydroxyl groups excluding tert-OH is 1. The van der Waals surface area contributed by atoms with Gasteiger partial charge in [0.1, 0.15) is 6.10 Å². The summed E-state index contributed by atoms with van der Waals surface area (Å²) in [4.78, 5) is 4.93. The Morgan fingerprint density at radius 1 is 0.907 bits per heavy atom. The van der Waals surface area contributed by atoms with Crippen LogP contribution in [0.1, 0.15) is 127 Å². The van der Waals surface area contributed by atoms with E-state index in [1.54, 1.807) is 7.11 Å². The molecule has 3 N–H and O–H groups in total. The third-order valence-corrected chi connectivity index (χ3v) is 17.8. The van der Waals surface area contributed by atoms with E-state index in [2.05, 4.69) is 44.4 Å². The SMILES string of the molecule is CCO[C@@H](C(C[C@@H](C)[C@H]1C[C@H](O)[C@@]2(C)C3CC[C@H]4C(C)(C)[C@@H](O[C@H]5CN(CC6CN(CC(C)(C)O)C6)CCO5)CC[C@@]45CC35CC[C@]12C)OC)C(C)(C)O. The molecule has 7 rings (SSSR count). The summed E-state index contributed by atoms with van der Waals surface area (Å²) in [5.41, 5.74) is -0.917. The highest BCUT2D eigenvalue weighted by atomic mass is 16.7. The van der Waals surface area contributed by atoms with Crippen molar-refractivity contribution in [1.29, 1.82) is 0 Å². The predicted octanol–water partition coefficient (Wildman–Crippen LogP) is 6.36. The maximum Gasteiger partial charge on any atom is 0.170 e. The van der Waals surface area contributed by atoms with Crippen molar-refractivity contribution in [3.05, 3.63) is 0 Å². The normalized spacial score (nSPS) is 44.3. The molecule has 2 saturated heterocycles. The minimum absolute atomic E-state index is 0.0553. The van der Waals surface area contributed by atoms with Gasteiger partial charge < -0.3 is 34.3 Å². The maximum absolute atomic E-state index is 12.3. The molecule has 312 valence electrons. The summed E-state index contributed by atoms with van der Waals surface area (Å²) in [5.74, 6) is 2.58. The molecule has 2 heterocycles. The smallest absolute Gasteiger partial charge is 0.170 e. The Labute approximate surface area is 328 Å². The van der Waals surface area contributed by atoms with Crippen LogP contribution in [0.3, 0.4) is 0 Å². The predicted molar refractivity (Wildman–Crippen MR) is 212 cm³/mol. The van der Waals surface area contributed by atoms with E-state index in [0.29, 0.717) is 47.0 Å². The van der Waals surface area contributed by atoms with E-state index in [-0.39, 0.29) is 40.8 Å². The highest BCUT2D eigenvalue weighted by Crippen LogP contribution is 2.89. The summed E-state index contributed by atoms with van der Waals surface area (Å²) >= 11 is 0. The molecule has 7 aliphatic rings. The number of methoxy groups -OCH3 is 1. The van der Waals surface area contributed by atoms with E-state index < -0.39 is 17.3 Å². The minimum atomic E-state index is -1.00. The lowest BCUT2D eigenvalue weighted by atomic mass is 9.41. The maximum atomic E-state index is 12.3. The molecule has 0 amide bonds. The van der Waals surface area contributed by atoms with Crippen LogP contribution in [-0.2, 0) is 18.9 Å². The van der Waals surface area contributed by atoms with Gasteiger partial charge in [-0.2, -0.15) is 0 Å². The topological polar surface area (TPSA) is 104 Å². The van der Waals surface area contributed by atoms with Gasteiger partial charge in [-0.05, 0) is 144 Å². The Kier molecular flexibility index (Phi) is 11.2. The summed E-state index contributed by atoms with van der Waals surface area (Å²) in [6, 6.07) is 0. The van der Waals surface area contributed by atoms with Crippen molar-refractivity contribution in [2.24, 2.45) is 56.7 Å². The molecule has 2 aliphatic heterocycles. The molecule has 0 aromatic carbocycles. The van der Waals surface area contributed by atoms with E-state index in [1.807, 2.05) is 34.6 Å². The fourth-order valence-electron chi connectivity index (χ4n) is 15.3. The van der Waals surface area contributed by atoms with Crippen molar-refractivity contribution in [3.63, 3.8) is 0 Å². The van der Waals surface area contributed by atoms with Crippen molar-refractivity contribution in [3.8, 4) is 0 Å². The van der Waals surface area contributed by atoms with Crippen LogP contribution in [0, 0.1) is 56.7 Å². The van der Waals surface area contributed by atoms with Crippen molar-refractivity contribution in [1.82, 2.24) is 9.80 Å². The van der Waals surface area contributed by atoms with Crippen LogP contribution in [0.25, 0.3) is 0 Å². The van der Waals surface area contributed by atoms with Gasteiger partial charge in [0.05, 0.1) is 36.1 Å². The largest absolute Gasteiger partial charge is 0.393 e. The van der Waals surface area contributed by atoms with Crippen LogP contribution in [0.5, 0.6) is 0 Å². The zero-order chi connectivity index (χ0) is 39.3. The molecule has 5 aliphatic carbocycles. The second kappa shape index (κ2) is 14.4. The molecule has 0 aromatic heterocycles. The van der Waals surface area contributed by atoms with E-state index in [4.69, 9.17) is 18.9 Å². The molecular formula is C45H80N2O7. The lowest BCUT2D eigenvalue weighted by molar-refractivity contribution is -0.250. The van der Waals surface area contributed by atoms with Crippen LogP contribution < -0.4 is 0 Å². The number of rotatable bonds is 14. The number of ether oxygens (including phenoxy) is 4. The van der Waals surface area contributed by atoms with E-state index in [0.717, 1.165) is 65.1 Å². The average molecular weight is 761 g/mol. The Bertz CT molecular complexity index is 1330. The number of hydrogen-bond donors (Lipinski definition) is 3. The van der Waals surface area contributed by atoms with E-state index in [9.17, 15) is 15.3 Å². The summed E-state index contributed by atoms with van der Waals surface area (Å²) < 4.78 is 25.5. The number of likely N-dealkylation sites (tertiary alicyclic amines) is 1. The molecule has 13 atom stereocenters. The standard InChI is InChI=1S/C45H80N2O7/c1-12-52-38(41(7,8)50)32(51-11)21-29(2)31-22-35(48)43(10)34-14-13-33-40(5,6)36(15-16-44(33)27-45(34,44)18-17-42(31,43)9)54-37-26-46(19-20-53-37)23-30-24-47(25-30)28-39(3,4)49/h29-38,48-50H,12-28H2,1-11H3/t29-,31-,32?,33+,34?,35+,36+,37+,38+,42-,43-,44-,45?/m1/s1. The van der Waals surface area contributed by atoms with Crippen molar-refractivity contribution >= 4 is 0 Å². The number of fused-ring (bicyclic) bond motifs is 2. The minimum Gasteiger partial charge on any atom is -0.393 e. The van der Waals surface area contributed by atoms with Crippen LogP contribution >= 0.6 is 0 Å². The number of aliphatic hydroxyl groups is 3. The highest BCUT2D eigenvalue weighted by molar-refractivity contribution is 5.31. The van der Waals surface area contributed by atoms with Crippen molar-refractivity contribution < 1.29 is 34.3 Å². The van der Waals surface area contributed by atoms with Gasteiger partial charge in [-0.3, -0.25) is 9.80 Å². The second-order valence-electron chi connectivity index (χ2n) is 22.2. The lowest BCUT2D eigenvalue weighted by Gasteiger charge is -2.64. The Hall–Kier alpha value is -0.360. The number of hydrogen-bond acceptors (Lipinski definition) is 9. The molecule has 3 unspecified atom stereocenters. The monoisotopic (exact) mass is 761 g/mol. The Morgan fingerprint density at radius 3 is 2.24 bits per heavy atom. The van der Waals surface area contributed by atoms with Gasteiger partial charge in [0.2, 0.25) is 0 Å². The second-order valence-corrected chi connectivity index (χ2v) is 22.2. The zero-order valence-corrected chi connectivity index (χ0v) is 36.2. The Morgan fingerprint density at radius 2 is 1.59 bits per heavy atom. The summed E-state index contributed by atoms with van der Waals surface area (Å²) in [6.07, 6.45) is 9.38. The van der Waals surface area contributed by atoms with Gasteiger partial charge in [-0.15, -0.1) is 0 Å². The van der Waals surface area contributed by atoms with Crippen LogP contribution in [0.4, 0.5) is 0 Å². The number of nitrogens with zero attached hydrogens (tertiary/aromatic N) is 2. The summed E-state index contributed by atoms with van der Waals surface area (Å²) in [5, 5.41) is 33.5. The van der Waals surface area contributed by atoms with Gasteiger partial charge in [-0.1, -0.05) is 34.6 Å². The first-order chi connectivity index (χ1) is 25.1. The molecule has 0 radical (unpaired) electrons. The average Bonchev–Trinajstić information content (AvgIpc) is 3.68. The molecule has 5 saturated carbocycles. The van der Waals surface area contributed by atoms with Crippen LogP contribution in [0.15, 0.2) is 0 Å². The molecule has 0 aromatic rings. The number of morpholine rings is 1. The van der Waals surface area contributed by atoms with Gasteiger partial charge in [0, 0.05) is 58.4 Å². The molecule has 0 bridgehead atoms. The first-order valence-corrected chi connectivity index (χ1v) is 22.1. The Balaban J connectivity index is 1.00. The van der Waals surface area contributed by atoms with Crippen molar-refractivity contribution in [2.75, 3.05) is 59.6 Å². The quantitative estimate of drug-likeness (QED) is 0.187. The lowest BCUT2D eigenvalue weighted by Crippen LogP contribution is -2.60. The van der Waals surface area contributed by atoms with E-state index in [1.165, 1.54) is 38.5 Å². The molecule has 2 spiro atoms. The van der Waals surface area contributed by atoms with Gasteiger partial charge >= 0.3 is 0 Å². The fourth-order valence-corrected chi connectivity index (χ4v) is 15.3. The number of β-amino-alcohol motifs (C(OH)–C–C–N with tert-alkyl or cyclic N) is 1. The summed E-state index contributed by atoms with van der Waals surface area (Å²) in [6.45, 7) is 28.9. The third kappa shape index (κ3) is 6.79. The van der Waals surface area contributed by atoms with Gasteiger partial charge in [0.25, 0.3) is 0 Å². The van der Waals surface area contributed by atoms with Gasteiger partial charge in [0.15, 0.2) is 6.29 Å². The molecule has 9 nitrogen and oxygen atoms in total. The van der Waals surface area contributed by atoms with Crippen molar-refractivity contribution in [2.45, 2.75) is 169 Å². The fraction of sp³-hybridized carbons (Fsp3) is 1.00. The molecule has 9 heteroatoms. The zero-order valence-electron chi connectivity index (χ0n) is 36.2. The van der Waals surface area contributed by atoms with Crippen LogP contribution in [0.2, 0.25) is 0 Å². The highest BCUT2D eigenvalue weighted by Gasteiger charge is 2.83. The van der Waals surface area contributed by atoms with E-state index >= 15 is 0 Å². The molecule has 54 heavy (non-hydrogen) atoms. The van der Waals surface area contributed by atoms with Crippen LogP contribution in [-0.4, -0.2) is 127 Å². The van der Waals surface area contributed by atoms with Gasteiger partial charge in [-0.25, -0.2) is 0 Å². The first kappa shape index (κ1) is 41.8.